The molecule has 1 N–H and O–H groups in total. The quantitative estimate of drug-likeness (QED) is 0.581. The molecule has 0 heterocycles. The second kappa shape index (κ2) is 8.68. The Morgan fingerprint density at radius 1 is 1.04 bits per heavy atom. The number of nitriles is 1. The van der Waals surface area contributed by atoms with Crippen molar-refractivity contribution in [3.8, 4) is 6.07 Å². The number of nitrogens with zero attached hydrogens (tertiary/aromatic N) is 1. The molecule has 3 nitrogen and oxygen atoms in total. The van der Waals surface area contributed by atoms with Gasteiger partial charge in [-0.05, 0) is 30.4 Å². The molecule has 0 aliphatic heterocycles. The lowest BCUT2D eigenvalue weighted by Crippen LogP contribution is -2.46. The monoisotopic (exact) mass is 361 g/mol. The Hall–Kier alpha value is -2.86. The molecular formula is C24H27NO2. The Kier molecular flexibility index (Phi) is 6.58. The highest BCUT2D eigenvalue weighted by Gasteiger charge is 2.52. The average Bonchev–Trinajstić information content (AvgIpc) is 2.71. The van der Waals surface area contributed by atoms with Crippen LogP contribution in [-0.4, -0.2) is 11.1 Å². The summed E-state index contributed by atoms with van der Waals surface area (Å²) in [4.78, 5) is 11.6. The fraction of sp³-hybridized carbons (Fsp3) is 0.333. The molecule has 0 radical (unpaired) electrons. The van der Waals surface area contributed by atoms with Gasteiger partial charge in [0, 0.05) is 11.0 Å². The number of carboxylic acid groups (broad SMARTS) is 1. The molecule has 1 unspecified atom stereocenters. The average molecular weight is 361 g/mol. The molecule has 0 aliphatic rings. The lowest BCUT2D eigenvalue weighted by Gasteiger charge is -2.48. The molecule has 1 atom stereocenters. The van der Waals surface area contributed by atoms with E-state index in [4.69, 9.17) is 0 Å². The number of carboxylic acids is 1. The number of hydrogen-bond donors (Lipinski definition) is 1. The molecule has 140 valence electrons. The van der Waals surface area contributed by atoms with Gasteiger partial charge in [-0.3, -0.25) is 0 Å². The minimum atomic E-state index is -1.05. The van der Waals surface area contributed by atoms with Crippen molar-refractivity contribution >= 4 is 5.97 Å². The smallest absolute Gasteiger partial charge is 0.331 e. The van der Waals surface area contributed by atoms with Crippen molar-refractivity contribution in [1.29, 1.82) is 5.26 Å². The summed E-state index contributed by atoms with van der Waals surface area (Å²) in [6.45, 7) is 7.81. The third-order valence-corrected chi connectivity index (χ3v) is 5.61. The zero-order valence-electron chi connectivity index (χ0n) is 16.1. The van der Waals surface area contributed by atoms with E-state index in [9.17, 15) is 15.2 Å². The van der Waals surface area contributed by atoms with E-state index in [1.165, 1.54) is 0 Å². The van der Waals surface area contributed by atoms with Gasteiger partial charge in [-0.25, -0.2) is 4.79 Å². The van der Waals surface area contributed by atoms with Gasteiger partial charge >= 0.3 is 5.97 Å². The van der Waals surface area contributed by atoms with Crippen LogP contribution in [0.4, 0.5) is 0 Å². The predicted octanol–water partition coefficient (Wildman–Crippen LogP) is 5.72. The van der Waals surface area contributed by atoms with Crippen molar-refractivity contribution in [2.75, 3.05) is 0 Å². The first kappa shape index (κ1) is 20.5. The highest BCUT2D eigenvalue weighted by molar-refractivity contribution is 5.86. The molecule has 2 aromatic rings. The van der Waals surface area contributed by atoms with Crippen LogP contribution in [0, 0.1) is 16.7 Å². The third-order valence-electron chi connectivity index (χ3n) is 5.61. The third kappa shape index (κ3) is 3.66. The lowest BCUT2D eigenvalue weighted by atomic mass is 9.52. The van der Waals surface area contributed by atoms with Crippen LogP contribution in [0.2, 0.25) is 0 Å². The van der Waals surface area contributed by atoms with E-state index in [0.29, 0.717) is 6.42 Å². The normalized spacial score (nSPS) is 13.4. The van der Waals surface area contributed by atoms with Crippen molar-refractivity contribution in [3.05, 3.63) is 83.9 Å². The Bertz CT molecular complexity index is 781. The molecule has 0 spiro atoms. The summed E-state index contributed by atoms with van der Waals surface area (Å²) in [5.41, 5.74) is 0.623. The highest BCUT2D eigenvalue weighted by Crippen LogP contribution is 2.55. The van der Waals surface area contributed by atoms with E-state index in [2.05, 4.69) is 19.6 Å². The summed E-state index contributed by atoms with van der Waals surface area (Å²) >= 11 is 0. The predicted molar refractivity (Wildman–Crippen MR) is 108 cm³/mol. The molecule has 0 amide bonds. The van der Waals surface area contributed by atoms with Crippen LogP contribution in [0.25, 0.3) is 0 Å². The van der Waals surface area contributed by atoms with Gasteiger partial charge in [-0.15, -0.1) is 0 Å². The van der Waals surface area contributed by atoms with Crippen molar-refractivity contribution in [2.24, 2.45) is 5.41 Å². The van der Waals surface area contributed by atoms with Gasteiger partial charge in [0.15, 0.2) is 0 Å². The number of hydrogen-bond acceptors (Lipinski definition) is 2. The highest BCUT2D eigenvalue weighted by atomic mass is 16.4. The molecule has 2 rings (SSSR count). The van der Waals surface area contributed by atoms with Crippen LogP contribution in [0.15, 0.2) is 72.8 Å². The first-order chi connectivity index (χ1) is 13.0. The van der Waals surface area contributed by atoms with Crippen LogP contribution in [0.3, 0.4) is 0 Å². The molecule has 0 aliphatic carbocycles. The van der Waals surface area contributed by atoms with Gasteiger partial charge in [-0.2, -0.15) is 5.26 Å². The molecule has 0 saturated carbocycles. The minimum Gasteiger partial charge on any atom is -0.478 e. The first-order valence-electron chi connectivity index (χ1n) is 9.40. The summed E-state index contributed by atoms with van der Waals surface area (Å²) in [6, 6.07) is 22.6. The van der Waals surface area contributed by atoms with Gasteiger partial charge in [-0.1, -0.05) is 87.5 Å². The van der Waals surface area contributed by atoms with Crippen LogP contribution < -0.4 is 0 Å². The van der Waals surface area contributed by atoms with E-state index in [0.717, 1.165) is 24.0 Å². The van der Waals surface area contributed by atoms with Crippen LogP contribution in [0.5, 0.6) is 0 Å². The van der Waals surface area contributed by atoms with Gasteiger partial charge in [0.1, 0.15) is 0 Å². The van der Waals surface area contributed by atoms with Gasteiger partial charge < -0.3 is 5.11 Å². The van der Waals surface area contributed by atoms with Gasteiger partial charge in [0.25, 0.3) is 0 Å². The second-order valence-corrected chi connectivity index (χ2v) is 7.02. The molecule has 27 heavy (non-hydrogen) atoms. The fourth-order valence-electron chi connectivity index (χ4n) is 4.30. The number of benzene rings is 2. The number of carbonyl (C=O) groups is 1. The van der Waals surface area contributed by atoms with Gasteiger partial charge in [0.2, 0.25) is 0 Å². The Balaban J connectivity index is 2.85. The Labute approximate surface area is 162 Å². The number of aliphatic carboxylic acids is 1. The summed E-state index contributed by atoms with van der Waals surface area (Å²) in [5, 5.41) is 19.9. The Morgan fingerprint density at radius 2 is 1.52 bits per heavy atom. The van der Waals surface area contributed by atoms with E-state index < -0.39 is 16.8 Å². The largest absolute Gasteiger partial charge is 0.478 e. The van der Waals surface area contributed by atoms with Crippen molar-refractivity contribution in [3.63, 3.8) is 0 Å². The Morgan fingerprint density at radius 3 is 1.85 bits per heavy atom. The zero-order valence-corrected chi connectivity index (χ0v) is 16.1. The topological polar surface area (TPSA) is 61.1 Å². The standard InChI is InChI=1S/C24H27NO2/c1-4-16-24(20-12-8-6-9-13-20,21-14-10-7-11-15-21)23(5-2,18-25)17-19(3)22(26)27/h6-15H,3-5,16-17H2,1-2H3,(H,26,27). The van der Waals surface area contributed by atoms with Gasteiger partial charge in [0.05, 0.1) is 11.5 Å². The maximum Gasteiger partial charge on any atom is 0.331 e. The molecular weight excluding hydrogens is 334 g/mol. The maximum absolute atomic E-state index is 11.6. The van der Waals surface area contributed by atoms with Crippen molar-refractivity contribution < 1.29 is 9.90 Å². The minimum absolute atomic E-state index is 0.0748. The van der Waals surface area contributed by atoms with E-state index in [-0.39, 0.29) is 12.0 Å². The maximum atomic E-state index is 11.6. The number of rotatable bonds is 9. The molecule has 2 aromatic carbocycles. The van der Waals surface area contributed by atoms with E-state index in [1.54, 1.807) is 0 Å². The van der Waals surface area contributed by atoms with E-state index in [1.807, 2.05) is 67.6 Å². The SMILES string of the molecule is C=C(CC(C#N)(CC)C(CCC)(c1ccccc1)c1ccccc1)C(=O)O. The van der Waals surface area contributed by atoms with Crippen LogP contribution in [0.1, 0.15) is 50.7 Å². The first-order valence-corrected chi connectivity index (χ1v) is 9.40. The van der Waals surface area contributed by atoms with E-state index >= 15 is 0 Å². The molecule has 0 aromatic heterocycles. The summed E-state index contributed by atoms with van der Waals surface area (Å²) in [7, 11) is 0. The molecule has 0 fully saturated rings. The van der Waals surface area contributed by atoms with Crippen LogP contribution in [-0.2, 0) is 10.2 Å². The molecule has 3 heteroatoms. The molecule has 0 bridgehead atoms. The van der Waals surface area contributed by atoms with Crippen molar-refractivity contribution in [1.82, 2.24) is 0 Å². The molecule has 0 saturated heterocycles. The van der Waals surface area contributed by atoms with Crippen molar-refractivity contribution in [2.45, 2.75) is 44.9 Å². The fourth-order valence-corrected chi connectivity index (χ4v) is 4.30. The summed E-state index contributed by atoms with van der Waals surface area (Å²) in [6.07, 6.45) is 2.26. The second-order valence-electron chi connectivity index (χ2n) is 7.02. The lowest BCUT2D eigenvalue weighted by molar-refractivity contribution is -0.133. The summed E-state index contributed by atoms with van der Waals surface area (Å²) < 4.78 is 0. The van der Waals surface area contributed by atoms with Crippen LogP contribution >= 0.6 is 0 Å². The summed E-state index contributed by atoms with van der Waals surface area (Å²) in [5.74, 6) is -1.05. The zero-order chi connectivity index (χ0) is 19.9.